The van der Waals surface area contributed by atoms with E-state index in [4.69, 9.17) is 26.1 Å². The van der Waals surface area contributed by atoms with Gasteiger partial charge < -0.3 is 29.4 Å². The molecule has 1 atom stereocenters. The molecule has 0 unspecified atom stereocenters. The number of rotatable bonds is 6. The van der Waals surface area contributed by atoms with E-state index in [-0.39, 0.29) is 65.1 Å². The summed E-state index contributed by atoms with van der Waals surface area (Å²) in [6.07, 6.45) is -1.05. The normalized spacial score (nSPS) is 20.2. The van der Waals surface area contributed by atoms with Crippen molar-refractivity contribution in [2.24, 2.45) is 0 Å². The molecule has 15 nitrogen and oxygen atoms in total. The quantitative estimate of drug-likeness (QED) is 0.293. The highest BCUT2D eigenvalue weighted by atomic mass is 35.5. The zero-order chi connectivity index (χ0) is 38.1. The van der Waals surface area contributed by atoms with Crippen LogP contribution in [0.25, 0.3) is 11.4 Å². The minimum Gasteiger partial charge on any atom is -0.504 e. The van der Waals surface area contributed by atoms with Gasteiger partial charge in [0.1, 0.15) is 18.5 Å². The molecule has 4 aliphatic heterocycles. The Labute approximate surface area is 310 Å². The van der Waals surface area contributed by atoms with Gasteiger partial charge in [-0.3, -0.25) is 19.3 Å². The van der Waals surface area contributed by atoms with E-state index >= 15 is 0 Å². The van der Waals surface area contributed by atoms with Gasteiger partial charge in [0.2, 0.25) is 11.7 Å². The van der Waals surface area contributed by atoms with Gasteiger partial charge >= 0.3 is 6.18 Å². The van der Waals surface area contributed by atoms with Crippen LogP contribution in [0.1, 0.15) is 71.1 Å². The van der Waals surface area contributed by atoms with Crippen molar-refractivity contribution in [3.8, 4) is 5.75 Å². The minimum absolute atomic E-state index is 0.0259. The summed E-state index contributed by atoms with van der Waals surface area (Å²) in [7, 11) is 0. The summed E-state index contributed by atoms with van der Waals surface area (Å²) in [4.78, 5) is 58.1. The van der Waals surface area contributed by atoms with E-state index < -0.39 is 47.4 Å². The van der Waals surface area contributed by atoms with Crippen molar-refractivity contribution in [3.05, 3.63) is 80.0 Å². The molecular weight excluding hydrogens is 735 g/mol. The van der Waals surface area contributed by atoms with Crippen molar-refractivity contribution in [3.63, 3.8) is 0 Å². The summed E-state index contributed by atoms with van der Waals surface area (Å²) in [6.45, 7) is 6.00. The standard InChI is InChI=1S/C35H35ClF3N9O6/c1-18-29(50)27(41-17-40-18)32(52)46-11-7-34(8-12-46)26-28(19(2)54-34)47(14-25(49)42-24-4-3-21(13-23(24)36)35(37,38)39)33-43-30(44-48(33)31(26)51)20-5-9-45(10-6-20)22-15-53-16-22/h3-5,13,17,19,22,50H,6-12,14-16H2,1-2H3,(H,42,49)/t19-/m1/s1. The number of hydrogen-bond acceptors (Lipinski definition) is 11. The van der Waals surface area contributed by atoms with Crippen LogP contribution in [0.4, 0.5) is 18.9 Å². The molecule has 284 valence electrons. The number of nitrogens with zero attached hydrogens (tertiary/aromatic N) is 8. The van der Waals surface area contributed by atoms with Crippen LogP contribution in [0.15, 0.2) is 35.4 Å². The minimum atomic E-state index is -4.62. The second kappa shape index (κ2) is 13.4. The van der Waals surface area contributed by atoms with Gasteiger partial charge in [-0.25, -0.2) is 9.97 Å². The molecule has 54 heavy (non-hydrogen) atoms. The van der Waals surface area contributed by atoms with Crippen molar-refractivity contribution in [1.29, 1.82) is 0 Å². The van der Waals surface area contributed by atoms with Gasteiger partial charge in [0, 0.05) is 26.2 Å². The molecule has 4 aromatic rings. The second-order valence-corrected chi connectivity index (χ2v) is 14.3. The second-order valence-electron chi connectivity index (χ2n) is 13.9. The number of piperidine rings is 1. The van der Waals surface area contributed by atoms with Crippen LogP contribution in [0.2, 0.25) is 5.02 Å². The maximum atomic E-state index is 14.5. The van der Waals surface area contributed by atoms with Crippen LogP contribution in [0.5, 0.6) is 5.75 Å². The Morgan fingerprint density at radius 3 is 2.56 bits per heavy atom. The average molecular weight is 770 g/mol. The number of anilines is 1. The third-order valence-corrected chi connectivity index (χ3v) is 10.9. The lowest BCUT2D eigenvalue weighted by Crippen LogP contribution is -2.50. The highest BCUT2D eigenvalue weighted by Crippen LogP contribution is 2.48. The number of halogens is 4. The Bertz CT molecular complexity index is 2280. The Morgan fingerprint density at radius 2 is 1.91 bits per heavy atom. The van der Waals surface area contributed by atoms with Gasteiger partial charge in [0.15, 0.2) is 17.3 Å². The molecular formula is C35H35ClF3N9O6. The van der Waals surface area contributed by atoms with Crippen LogP contribution in [0, 0.1) is 6.92 Å². The van der Waals surface area contributed by atoms with Gasteiger partial charge in [-0.2, -0.15) is 22.7 Å². The molecule has 4 aliphatic rings. The largest absolute Gasteiger partial charge is 0.504 e. The highest BCUT2D eigenvalue weighted by molar-refractivity contribution is 6.33. The molecule has 2 N–H and O–H groups in total. The van der Waals surface area contributed by atoms with Gasteiger partial charge in [0.25, 0.3) is 11.5 Å². The molecule has 2 saturated heterocycles. The first-order chi connectivity index (χ1) is 25.7. The Morgan fingerprint density at radius 1 is 1.15 bits per heavy atom. The van der Waals surface area contributed by atoms with Crippen LogP contribution in [-0.4, -0.2) is 101 Å². The number of benzene rings is 1. The van der Waals surface area contributed by atoms with E-state index in [2.05, 4.69) is 25.3 Å². The summed E-state index contributed by atoms with van der Waals surface area (Å²) in [5.41, 5.74) is -0.957. The van der Waals surface area contributed by atoms with E-state index in [1.165, 1.54) is 15.7 Å². The number of hydrogen-bond donors (Lipinski definition) is 2. The average Bonchev–Trinajstić information content (AvgIpc) is 3.68. The van der Waals surface area contributed by atoms with Gasteiger partial charge in [-0.15, -0.1) is 5.10 Å². The smallest absolute Gasteiger partial charge is 0.416 e. The number of likely N-dealkylation sites (tertiary alicyclic amines) is 1. The molecule has 0 radical (unpaired) electrons. The Hall–Kier alpha value is -4.91. The van der Waals surface area contributed by atoms with Crippen molar-refractivity contribution < 1.29 is 37.3 Å². The molecule has 19 heteroatoms. The molecule has 7 heterocycles. The SMILES string of the molecule is Cc1ncnc(C(=O)N2CCC3(CC2)O[C@H](C)c2c3c(=O)n3nc(C4=CCN(C5COC5)CC4)nc3n2CC(=O)Nc2ccc(C(F)(F)F)cc2Cl)c1O. The maximum absolute atomic E-state index is 14.5. The predicted molar refractivity (Wildman–Crippen MR) is 186 cm³/mol. The lowest BCUT2D eigenvalue weighted by molar-refractivity contribution is -0.137. The Balaban J connectivity index is 1.15. The number of aromatic hydroxyl groups is 1. The van der Waals surface area contributed by atoms with Crippen molar-refractivity contribution in [1.82, 2.24) is 38.9 Å². The third kappa shape index (κ3) is 6.19. The van der Waals surface area contributed by atoms with Crippen LogP contribution >= 0.6 is 11.6 Å². The van der Waals surface area contributed by atoms with E-state index in [0.717, 1.165) is 30.3 Å². The first-order valence-corrected chi connectivity index (χ1v) is 17.8. The Kier molecular flexibility index (Phi) is 8.98. The van der Waals surface area contributed by atoms with Crippen LogP contribution in [0.3, 0.4) is 0 Å². The molecule has 2 amide bonds. The van der Waals surface area contributed by atoms with Crippen LogP contribution in [-0.2, 0) is 32.6 Å². The zero-order valence-corrected chi connectivity index (χ0v) is 29.9. The monoisotopic (exact) mass is 769 g/mol. The molecule has 0 aliphatic carbocycles. The van der Waals surface area contributed by atoms with E-state index in [1.54, 1.807) is 18.4 Å². The summed E-state index contributed by atoms with van der Waals surface area (Å²) in [6, 6.07) is 2.99. The third-order valence-electron chi connectivity index (χ3n) is 10.6. The number of ether oxygens (including phenoxy) is 2. The fraction of sp³-hybridized carbons (Fsp3) is 0.457. The number of carbonyl (C=O) groups excluding carboxylic acids is 2. The topological polar surface area (TPSA) is 169 Å². The van der Waals surface area contributed by atoms with E-state index in [0.29, 0.717) is 43.7 Å². The number of aryl methyl sites for hydroxylation is 1. The maximum Gasteiger partial charge on any atom is 0.416 e. The fourth-order valence-electron chi connectivity index (χ4n) is 7.66. The molecule has 1 spiro atoms. The summed E-state index contributed by atoms with van der Waals surface area (Å²) in [5, 5.41) is 17.4. The fourth-order valence-corrected chi connectivity index (χ4v) is 7.89. The molecule has 2 fully saturated rings. The van der Waals surface area contributed by atoms with E-state index in [9.17, 15) is 32.7 Å². The molecule has 1 aromatic carbocycles. The molecule has 3 aromatic heterocycles. The van der Waals surface area contributed by atoms with Gasteiger partial charge in [-0.05, 0) is 56.9 Å². The summed E-state index contributed by atoms with van der Waals surface area (Å²) in [5.74, 6) is -1.01. The number of nitrogens with one attached hydrogen (secondary N) is 1. The van der Waals surface area contributed by atoms with Crippen LogP contribution < -0.4 is 10.9 Å². The number of amides is 2. The van der Waals surface area contributed by atoms with Gasteiger partial charge in [0.05, 0.1) is 58.6 Å². The zero-order valence-electron chi connectivity index (χ0n) is 29.2. The lowest BCUT2D eigenvalue weighted by atomic mass is 9.85. The number of alkyl halides is 3. The summed E-state index contributed by atoms with van der Waals surface area (Å²) < 4.78 is 54.5. The van der Waals surface area contributed by atoms with Crippen molar-refractivity contribution in [2.75, 3.05) is 44.7 Å². The van der Waals surface area contributed by atoms with Crippen molar-refractivity contribution in [2.45, 2.75) is 63.6 Å². The van der Waals surface area contributed by atoms with E-state index in [1.807, 2.05) is 6.08 Å². The molecule has 0 saturated carbocycles. The number of carbonyl (C=O) groups is 2. The predicted octanol–water partition coefficient (Wildman–Crippen LogP) is 3.72. The number of aromatic nitrogens is 6. The molecule has 0 bridgehead atoms. The summed E-state index contributed by atoms with van der Waals surface area (Å²) >= 11 is 6.16. The first-order valence-electron chi connectivity index (χ1n) is 17.4. The number of fused-ring (bicyclic) bond motifs is 3. The lowest BCUT2D eigenvalue weighted by Gasteiger charge is -2.39. The first kappa shape index (κ1) is 36.1. The van der Waals surface area contributed by atoms with Gasteiger partial charge in [-0.1, -0.05) is 17.7 Å². The van der Waals surface area contributed by atoms with Crippen molar-refractivity contribution >= 4 is 40.5 Å². The molecule has 8 rings (SSSR count). The highest BCUT2D eigenvalue weighted by Gasteiger charge is 2.51.